The molecule has 2 aromatic heterocycles. The maximum Gasteiger partial charge on any atom is 0.261 e. The summed E-state index contributed by atoms with van der Waals surface area (Å²) in [7, 11) is 0. The number of aromatic nitrogens is 2. The van der Waals surface area contributed by atoms with Crippen molar-refractivity contribution in [2.75, 3.05) is 6.54 Å². The summed E-state index contributed by atoms with van der Waals surface area (Å²) >= 11 is 1.79. The Labute approximate surface area is 174 Å². The van der Waals surface area contributed by atoms with Gasteiger partial charge in [0, 0.05) is 35.5 Å². The number of pyridine rings is 1. The Morgan fingerprint density at radius 1 is 1.24 bits per heavy atom. The van der Waals surface area contributed by atoms with Gasteiger partial charge in [0.15, 0.2) is 5.78 Å². The number of ketones is 1. The van der Waals surface area contributed by atoms with E-state index in [1.807, 2.05) is 13.8 Å². The third-order valence-electron chi connectivity index (χ3n) is 5.71. The van der Waals surface area contributed by atoms with Crippen LogP contribution < -0.4 is 10.9 Å². The topological polar surface area (TPSA) is 91.9 Å². The standard InChI is InChI=1S/C22H27N3O3S/c1-22(2)11-16-13(17(26)12-22)10-14(21(28)25-16)20(27)23-9-5-8-19-24-15-6-3-4-7-18(15)29-19/h10H,3-9,11-12H2,1-2H3,(H,23,27)(H,25,28). The van der Waals surface area contributed by atoms with E-state index in [4.69, 9.17) is 4.98 Å². The fourth-order valence-electron chi connectivity index (χ4n) is 4.25. The molecule has 0 aromatic carbocycles. The van der Waals surface area contributed by atoms with Crippen molar-refractivity contribution in [1.82, 2.24) is 15.3 Å². The zero-order valence-electron chi connectivity index (χ0n) is 17.0. The van der Waals surface area contributed by atoms with Crippen LogP contribution in [0.15, 0.2) is 10.9 Å². The van der Waals surface area contributed by atoms with E-state index in [0.717, 1.165) is 30.7 Å². The number of aryl methyl sites for hydroxylation is 3. The fraction of sp³-hybridized carbons (Fsp3) is 0.545. The van der Waals surface area contributed by atoms with Crippen LogP contribution in [0.1, 0.15) is 81.5 Å². The molecule has 2 aliphatic carbocycles. The van der Waals surface area contributed by atoms with Gasteiger partial charge in [0.05, 0.1) is 10.7 Å². The first kappa shape index (κ1) is 20.0. The number of H-pyrrole nitrogens is 1. The number of nitrogens with zero attached hydrogens (tertiary/aromatic N) is 1. The van der Waals surface area contributed by atoms with Crippen LogP contribution in [-0.2, 0) is 25.7 Å². The largest absolute Gasteiger partial charge is 0.352 e. The van der Waals surface area contributed by atoms with E-state index in [-0.39, 0.29) is 16.8 Å². The maximum atomic E-state index is 12.5. The monoisotopic (exact) mass is 413 g/mol. The predicted octanol–water partition coefficient (Wildman–Crippen LogP) is 3.23. The zero-order chi connectivity index (χ0) is 20.6. The van der Waals surface area contributed by atoms with Crippen molar-refractivity contribution in [3.05, 3.63) is 48.8 Å². The highest BCUT2D eigenvalue weighted by Crippen LogP contribution is 2.33. The second-order valence-electron chi connectivity index (χ2n) is 8.89. The number of fused-ring (bicyclic) bond motifs is 2. The summed E-state index contributed by atoms with van der Waals surface area (Å²) in [6.45, 7) is 4.48. The summed E-state index contributed by atoms with van der Waals surface area (Å²) < 4.78 is 0. The molecule has 0 atom stereocenters. The smallest absolute Gasteiger partial charge is 0.261 e. The first-order valence-electron chi connectivity index (χ1n) is 10.4. The van der Waals surface area contributed by atoms with Crippen molar-refractivity contribution in [3.63, 3.8) is 0 Å². The van der Waals surface area contributed by atoms with E-state index in [9.17, 15) is 14.4 Å². The van der Waals surface area contributed by atoms with Crippen molar-refractivity contribution in [3.8, 4) is 0 Å². The van der Waals surface area contributed by atoms with Gasteiger partial charge in [0.2, 0.25) is 0 Å². The van der Waals surface area contributed by atoms with E-state index in [1.165, 1.54) is 29.5 Å². The van der Waals surface area contributed by atoms with Crippen LogP contribution in [0.2, 0.25) is 0 Å². The zero-order valence-corrected chi connectivity index (χ0v) is 17.8. The third kappa shape index (κ3) is 4.34. The van der Waals surface area contributed by atoms with Crippen molar-refractivity contribution < 1.29 is 9.59 Å². The van der Waals surface area contributed by atoms with Gasteiger partial charge in [0.1, 0.15) is 5.56 Å². The van der Waals surface area contributed by atoms with Crippen LogP contribution in [0, 0.1) is 5.41 Å². The minimum Gasteiger partial charge on any atom is -0.352 e. The summed E-state index contributed by atoms with van der Waals surface area (Å²) in [4.78, 5) is 46.2. The lowest BCUT2D eigenvalue weighted by Crippen LogP contribution is -2.35. The van der Waals surface area contributed by atoms with E-state index in [2.05, 4.69) is 10.3 Å². The maximum absolute atomic E-state index is 12.5. The molecule has 2 aliphatic rings. The van der Waals surface area contributed by atoms with Crippen molar-refractivity contribution in [1.29, 1.82) is 0 Å². The van der Waals surface area contributed by atoms with Gasteiger partial charge in [-0.1, -0.05) is 13.8 Å². The average Bonchev–Trinajstić information content (AvgIpc) is 3.06. The third-order valence-corrected chi connectivity index (χ3v) is 6.92. The summed E-state index contributed by atoms with van der Waals surface area (Å²) in [6, 6.07) is 1.47. The Balaban J connectivity index is 1.36. The minimum atomic E-state index is -0.431. The molecular formula is C22H27N3O3S. The number of hydrogen-bond acceptors (Lipinski definition) is 5. The molecular weight excluding hydrogens is 386 g/mol. The van der Waals surface area contributed by atoms with E-state index >= 15 is 0 Å². The van der Waals surface area contributed by atoms with Gasteiger partial charge in [-0.05, 0) is 50.0 Å². The molecule has 0 bridgehead atoms. The molecule has 0 spiro atoms. The van der Waals surface area contributed by atoms with Crippen molar-refractivity contribution in [2.45, 2.75) is 65.2 Å². The Kier molecular flexibility index (Phi) is 5.42. The van der Waals surface area contributed by atoms with Gasteiger partial charge in [-0.3, -0.25) is 14.4 Å². The number of Topliss-reactive ketones (excluding diaryl/α,β-unsaturated/α-hetero) is 1. The van der Waals surface area contributed by atoms with Gasteiger partial charge in [-0.25, -0.2) is 4.98 Å². The highest BCUT2D eigenvalue weighted by atomic mass is 32.1. The molecule has 0 aliphatic heterocycles. The Bertz CT molecular complexity index is 995. The van der Waals surface area contributed by atoms with Crippen molar-refractivity contribution in [2.24, 2.45) is 5.41 Å². The van der Waals surface area contributed by atoms with Crippen LogP contribution >= 0.6 is 11.3 Å². The van der Waals surface area contributed by atoms with Gasteiger partial charge in [-0.2, -0.15) is 0 Å². The Hall–Kier alpha value is -2.28. The van der Waals surface area contributed by atoms with Crippen LogP contribution in [0.3, 0.4) is 0 Å². The fourth-order valence-corrected chi connectivity index (χ4v) is 5.44. The molecule has 1 amide bonds. The SMILES string of the molecule is CC1(C)CC(=O)c2cc(C(=O)NCCCc3nc4c(s3)CCCC4)c(=O)[nH]c2C1. The lowest BCUT2D eigenvalue weighted by molar-refractivity contribution is 0.0910. The summed E-state index contributed by atoms with van der Waals surface area (Å²) in [5, 5.41) is 3.95. The quantitative estimate of drug-likeness (QED) is 0.736. The number of carbonyl (C=O) groups excluding carboxylic acids is 2. The Morgan fingerprint density at radius 3 is 2.83 bits per heavy atom. The summed E-state index contributed by atoms with van der Waals surface area (Å²) in [6.07, 6.45) is 7.34. The number of nitrogens with one attached hydrogen (secondary N) is 2. The van der Waals surface area contributed by atoms with Crippen molar-refractivity contribution >= 4 is 23.0 Å². The molecule has 29 heavy (non-hydrogen) atoms. The molecule has 7 heteroatoms. The second kappa shape index (κ2) is 7.86. The van der Waals surface area contributed by atoms with Gasteiger partial charge in [0.25, 0.3) is 11.5 Å². The number of hydrogen-bond donors (Lipinski definition) is 2. The predicted molar refractivity (Wildman–Crippen MR) is 113 cm³/mol. The molecule has 4 rings (SSSR count). The molecule has 154 valence electrons. The number of aromatic amines is 1. The number of carbonyl (C=O) groups is 2. The molecule has 6 nitrogen and oxygen atoms in total. The first-order chi connectivity index (χ1) is 13.8. The molecule has 0 radical (unpaired) electrons. The molecule has 0 unspecified atom stereocenters. The second-order valence-corrected chi connectivity index (χ2v) is 10.1. The number of rotatable bonds is 5. The van der Waals surface area contributed by atoms with Crippen LogP contribution in [0.5, 0.6) is 0 Å². The lowest BCUT2D eigenvalue weighted by atomic mass is 9.75. The molecule has 0 fully saturated rings. The molecule has 2 heterocycles. The average molecular weight is 414 g/mol. The van der Waals surface area contributed by atoms with E-state index in [1.54, 1.807) is 11.3 Å². The van der Waals surface area contributed by atoms with Gasteiger partial charge < -0.3 is 10.3 Å². The number of amides is 1. The molecule has 0 saturated carbocycles. The van der Waals surface area contributed by atoms with Crippen LogP contribution in [-0.4, -0.2) is 28.2 Å². The van der Waals surface area contributed by atoms with Crippen LogP contribution in [0.4, 0.5) is 0 Å². The normalized spacial score (nSPS) is 17.5. The van der Waals surface area contributed by atoms with E-state index < -0.39 is 11.5 Å². The van der Waals surface area contributed by atoms with Crippen LogP contribution in [0.25, 0.3) is 0 Å². The lowest BCUT2D eigenvalue weighted by Gasteiger charge is -2.29. The Morgan fingerprint density at radius 2 is 2.03 bits per heavy atom. The minimum absolute atomic E-state index is 0.0153. The highest BCUT2D eigenvalue weighted by Gasteiger charge is 2.32. The first-order valence-corrected chi connectivity index (χ1v) is 11.2. The van der Waals surface area contributed by atoms with Gasteiger partial charge >= 0.3 is 0 Å². The highest BCUT2D eigenvalue weighted by molar-refractivity contribution is 7.11. The molecule has 2 N–H and O–H groups in total. The van der Waals surface area contributed by atoms with Gasteiger partial charge in [-0.15, -0.1) is 11.3 Å². The number of thiazole rings is 1. The molecule has 2 aromatic rings. The summed E-state index contributed by atoms with van der Waals surface area (Å²) in [5.41, 5.74) is 1.78. The molecule has 0 saturated heterocycles. The summed E-state index contributed by atoms with van der Waals surface area (Å²) in [5.74, 6) is -0.445. The van der Waals surface area contributed by atoms with E-state index in [0.29, 0.717) is 30.6 Å².